The standard InChI is InChI=1S/C16H32N2O/c1-12(2)10-13(11-19)18-16-8-5-6-14(16)15-7-3-4-9-17-15/h12-19H,3-11H2,1-2H3. The Hall–Kier alpha value is -0.120. The maximum atomic E-state index is 9.55. The van der Waals surface area contributed by atoms with Crippen LogP contribution in [0.1, 0.15) is 58.8 Å². The number of rotatable bonds is 6. The van der Waals surface area contributed by atoms with Gasteiger partial charge in [0.1, 0.15) is 0 Å². The molecule has 1 saturated carbocycles. The van der Waals surface area contributed by atoms with Gasteiger partial charge in [-0.1, -0.05) is 26.7 Å². The summed E-state index contributed by atoms with van der Waals surface area (Å²) < 4.78 is 0. The summed E-state index contributed by atoms with van der Waals surface area (Å²) in [4.78, 5) is 0. The van der Waals surface area contributed by atoms with E-state index in [4.69, 9.17) is 0 Å². The molecule has 0 aromatic heterocycles. The third kappa shape index (κ3) is 4.44. The number of piperidine rings is 1. The van der Waals surface area contributed by atoms with E-state index in [9.17, 15) is 5.11 Å². The Morgan fingerprint density at radius 1 is 1.16 bits per heavy atom. The highest BCUT2D eigenvalue weighted by Gasteiger charge is 2.35. The number of aliphatic hydroxyl groups is 1. The van der Waals surface area contributed by atoms with Crippen LogP contribution >= 0.6 is 0 Å². The summed E-state index contributed by atoms with van der Waals surface area (Å²) in [6.07, 6.45) is 9.14. The minimum Gasteiger partial charge on any atom is -0.395 e. The van der Waals surface area contributed by atoms with E-state index in [-0.39, 0.29) is 12.6 Å². The van der Waals surface area contributed by atoms with Gasteiger partial charge in [-0.25, -0.2) is 0 Å². The van der Waals surface area contributed by atoms with Gasteiger partial charge in [0.25, 0.3) is 0 Å². The Morgan fingerprint density at radius 2 is 2.00 bits per heavy atom. The SMILES string of the molecule is CC(C)CC(CO)NC1CCCC1C1CCCCN1. The lowest BCUT2D eigenvalue weighted by Gasteiger charge is -2.35. The highest BCUT2D eigenvalue weighted by molar-refractivity contribution is 4.93. The van der Waals surface area contributed by atoms with Crippen molar-refractivity contribution in [2.24, 2.45) is 11.8 Å². The Morgan fingerprint density at radius 3 is 2.63 bits per heavy atom. The second kappa shape index (κ2) is 7.61. The molecule has 0 bridgehead atoms. The zero-order valence-electron chi connectivity index (χ0n) is 12.7. The van der Waals surface area contributed by atoms with Crippen molar-refractivity contribution in [1.29, 1.82) is 0 Å². The minimum absolute atomic E-state index is 0.277. The molecule has 0 aromatic rings. The van der Waals surface area contributed by atoms with Crippen LogP contribution in [0.2, 0.25) is 0 Å². The Bertz CT molecular complexity index is 251. The van der Waals surface area contributed by atoms with Gasteiger partial charge < -0.3 is 15.7 Å². The van der Waals surface area contributed by atoms with Gasteiger partial charge >= 0.3 is 0 Å². The number of nitrogens with one attached hydrogen (secondary N) is 2. The fourth-order valence-corrected chi connectivity index (χ4v) is 3.99. The third-order valence-corrected chi connectivity index (χ3v) is 4.86. The van der Waals surface area contributed by atoms with Crippen LogP contribution < -0.4 is 10.6 Å². The predicted octanol–water partition coefficient (Wildman–Crippen LogP) is 2.29. The predicted molar refractivity (Wildman–Crippen MR) is 80.2 cm³/mol. The molecule has 2 fully saturated rings. The molecule has 1 aliphatic heterocycles. The van der Waals surface area contributed by atoms with E-state index in [0.717, 1.165) is 12.3 Å². The fraction of sp³-hybridized carbons (Fsp3) is 1.00. The topological polar surface area (TPSA) is 44.3 Å². The van der Waals surface area contributed by atoms with Crippen molar-refractivity contribution in [3.05, 3.63) is 0 Å². The Labute approximate surface area is 118 Å². The van der Waals surface area contributed by atoms with Gasteiger partial charge in [-0.15, -0.1) is 0 Å². The largest absolute Gasteiger partial charge is 0.395 e. The van der Waals surface area contributed by atoms with E-state index >= 15 is 0 Å². The van der Waals surface area contributed by atoms with Crippen LogP contribution in [0, 0.1) is 11.8 Å². The van der Waals surface area contributed by atoms with Crippen LogP contribution in [-0.2, 0) is 0 Å². The van der Waals surface area contributed by atoms with Crippen molar-refractivity contribution >= 4 is 0 Å². The van der Waals surface area contributed by atoms with Gasteiger partial charge in [-0.2, -0.15) is 0 Å². The molecule has 2 aliphatic rings. The average molecular weight is 268 g/mol. The maximum Gasteiger partial charge on any atom is 0.0584 e. The monoisotopic (exact) mass is 268 g/mol. The maximum absolute atomic E-state index is 9.55. The van der Waals surface area contributed by atoms with Crippen LogP contribution in [0.4, 0.5) is 0 Å². The molecule has 4 atom stereocenters. The molecule has 3 heteroatoms. The van der Waals surface area contributed by atoms with E-state index < -0.39 is 0 Å². The third-order valence-electron chi connectivity index (χ3n) is 4.86. The molecule has 1 heterocycles. The number of hydrogen-bond donors (Lipinski definition) is 3. The Balaban J connectivity index is 1.86. The van der Waals surface area contributed by atoms with E-state index in [1.807, 2.05) is 0 Å². The van der Waals surface area contributed by atoms with Crippen LogP contribution in [0.25, 0.3) is 0 Å². The molecule has 0 radical (unpaired) electrons. The van der Waals surface area contributed by atoms with Gasteiger partial charge in [0.2, 0.25) is 0 Å². The molecule has 3 nitrogen and oxygen atoms in total. The molecule has 1 saturated heterocycles. The summed E-state index contributed by atoms with van der Waals surface area (Å²) in [7, 11) is 0. The van der Waals surface area contributed by atoms with Crippen LogP contribution in [0.3, 0.4) is 0 Å². The first kappa shape index (κ1) is 15.3. The van der Waals surface area contributed by atoms with Crippen molar-refractivity contribution < 1.29 is 5.11 Å². The molecule has 1 aliphatic carbocycles. The lowest BCUT2D eigenvalue weighted by Crippen LogP contribution is -2.50. The number of aliphatic hydroxyl groups excluding tert-OH is 1. The number of hydrogen-bond acceptors (Lipinski definition) is 3. The zero-order chi connectivity index (χ0) is 13.7. The quantitative estimate of drug-likeness (QED) is 0.692. The first-order valence-electron chi connectivity index (χ1n) is 8.31. The van der Waals surface area contributed by atoms with Crippen molar-refractivity contribution in [3.8, 4) is 0 Å². The van der Waals surface area contributed by atoms with E-state index in [1.165, 1.54) is 45.1 Å². The van der Waals surface area contributed by atoms with Crippen LogP contribution in [0.15, 0.2) is 0 Å². The second-order valence-electron chi connectivity index (χ2n) is 6.93. The summed E-state index contributed by atoms with van der Waals surface area (Å²) in [5.41, 5.74) is 0. The van der Waals surface area contributed by atoms with Crippen molar-refractivity contribution in [2.75, 3.05) is 13.2 Å². The molecule has 3 N–H and O–H groups in total. The zero-order valence-corrected chi connectivity index (χ0v) is 12.7. The van der Waals surface area contributed by atoms with E-state index in [0.29, 0.717) is 18.0 Å². The molecular weight excluding hydrogens is 236 g/mol. The van der Waals surface area contributed by atoms with E-state index in [1.54, 1.807) is 0 Å². The molecule has 19 heavy (non-hydrogen) atoms. The van der Waals surface area contributed by atoms with Crippen molar-refractivity contribution in [2.45, 2.75) is 76.9 Å². The summed E-state index contributed by atoms with van der Waals surface area (Å²) in [5.74, 6) is 1.43. The highest BCUT2D eigenvalue weighted by Crippen LogP contribution is 2.32. The van der Waals surface area contributed by atoms with Gasteiger partial charge in [0, 0.05) is 18.1 Å². The van der Waals surface area contributed by atoms with Gasteiger partial charge in [-0.3, -0.25) is 0 Å². The molecule has 4 unspecified atom stereocenters. The summed E-state index contributed by atoms with van der Waals surface area (Å²) in [6, 6.07) is 1.62. The molecule has 0 aromatic carbocycles. The van der Waals surface area contributed by atoms with E-state index in [2.05, 4.69) is 24.5 Å². The molecule has 0 spiro atoms. The molecular formula is C16H32N2O. The van der Waals surface area contributed by atoms with Gasteiger partial charge in [0.05, 0.1) is 6.61 Å². The lowest BCUT2D eigenvalue weighted by molar-refractivity contribution is 0.186. The van der Waals surface area contributed by atoms with Crippen molar-refractivity contribution in [1.82, 2.24) is 10.6 Å². The summed E-state index contributed by atoms with van der Waals surface area (Å²) >= 11 is 0. The normalized spacial score (nSPS) is 33.8. The second-order valence-corrected chi connectivity index (χ2v) is 6.93. The Kier molecular flexibility index (Phi) is 6.11. The summed E-state index contributed by atoms with van der Waals surface area (Å²) in [5, 5.41) is 17.0. The smallest absolute Gasteiger partial charge is 0.0584 e. The minimum atomic E-state index is 0.277. The van der Waals surface area contributed by atoms with Gasteiger partial charge in [-0.05, 0) is 50.5 Å². The lowest BCUT2D eigenvalue weighted by atomic mass is 9.87. The van der Waals surface area contributed by atoms with Gasteiger partial charge in [0.15, 0.2) is 0 Å². The highest BCUT2D eigenvalue weighted by atomic mass is 16.3. The first-order valence-corrected chi connectivity index (χ1v) is 8.31. The van der Waals surface area contributed by atoms with Crippen molar-refractivity contribution in [3.63, 3.8) is 0 Å². The molecule has 2 rings (SSSR count). The molecule has 112 valence electrons. The van der Waals surface area contributed by atoms with Crippen LogP contribution in [0.5, 0.6) is 0 Å². The average Bonchev–Trinajstić information content (AvgIpc) is 2.86. The molecule has 0 amide bonds. The van der Waals surface area contributed by atoms with Crippen LogP contribution in [-0.4, -0.2) is 36.4 Å². The summed E-state index contributed by atoms with van der Waals surface area (Å²) in [6.45, 7) is 5.95. The fourth-order valence-electron chi connectivity index (χ4n) is 3.99. The first-order chi connectivity index (χ1) is 9.20.